The van der Waals surface area contributed by atoms with Gasteiger partial charge < -0.3 is 9.64 Å². The first-order valence-corrected chi connectivity index (χ1v) is 6.04. The smallest absolute Gasteiger partial charge is 0.220 e. The molecule has 0 bridgehead atoms. The van der Waals surface area contributed by atoms with Crippen LogP contribution in [0.25, 0.3) is 0 Å². The maximum Gasteiger partial charge on any atom is 0.220 e. The van der Waals surface area contributed by atoms with Crippen molar-refractivity contribution in [3.05, 3.63) is 34.9 Å². The monoisotopic (exact) mass is 233 g/mol. The quantitative estimate of drug-likeness (QED) is 0.802. The largest absolute Gasteiger partial charge is 0.374 e. The molecular formula is C14H19NO2. The standard InChI is InChI=1S/C14H19NO2/c1-10(2)17-9-12-4-5-13-7-15(11(3)16)8-14(13)6-12/h4-6,10H,7-9H2,1-3H3. The number of carbonyl (C=O) groups is 1. The van der Waals surface area contributed by atoms with Crippen molar-refractivity contribution in [3.8, 4) is 0 Å². The molecule has 17 heavy (non-hydrogen) atoms. The fraction of sp³-hybridized carbons (Fsp3) is 0.500. The molecule has 0 spiro atoms. The molecule has 1 heterocycles. The van der Waals surface area contributed by atoms with Gasteiger partial charge >= 0.3 is 0 Å². The van der Waals surface area contributed by atoms with Crippen molar-refractivity contribution < 1.29 is 9.53 Å². The first-order valence-electron chi connectivity index (χ1n) is 6.04. The van der Waals surface area contributed by atoms with E-state index >= 15 is 0 Å². The number of rotatable bonds is 3. The molecule has 1 aromatic rings. The number of hydrogen-bond acceptors (Lipinski definition) is 2. The first kappa shape index (κ1) is 12.1. The molecule has 92 valence electrons. The van der Waals surface area contributed by atoms with E-state index in [4.69, 9.17) is 4.74 Å². The Morgan fingerprint density at radius 1 is 1.35 bits per heavy atom. The van der Waals surface area contributed by atoms with E-state index in [0.717, 1.165) is 13.1 Å². The van der Waals surface area contributed by atoms with Gasteiger partial charge in [-0.15, -0.1) is 0 Å². The van der Waals surface area contributed by atoms with Crippen LogP contribution in [-0.2, 0) is 29.2 Å². The first-order chi connectivity index (χ1) is 8.06. The highest BCUT2D eigenvalue weighted by Crippen LogP contribution is 2.24. The molecule has 1 aliphatic rings. The van der Waals surface area contributed by atoms with E-state index in [1.54, 1.807) is 6.92 Å². The number of hydrogen-bond donors (Lipinski definition) is 0. The molecule has 1 aromatic carbocycles. The molecule has 0 saturated carbocycles. The van der Waals surface area contributed by atoms with Crippen LogP contribution < -0.4 is 0 Å². The van der Waals surface area contributed by atoms with Gasteiger partial charge in [-0.25, -0.2) is 0 Å². The molecule has 2 rings (SSSR count). The van der Waals surface area contributed by atoms with Crippen LogP contribution in [0, 0.1) is 0 Å². The van der Waals surface area contributed by atoms with E-state index in [-0.39, 0.29) is 12.0 Å². The summed E-state index contributed by atoms with van der Waals surface area (Å²) in [6.07, 6.45) is 0.247. The Balaban J connectivity index is 2.07. The lowest BCUT2D eigenvalue weighted by Crippen LogP contribution is -2.21. The molecule has 0 radical (unpaired) electrons. The molecule has 0 aliphatic carbocycles. The normalized spacial score (nSPS) is 14.2. The van der Waals surface area contributed by atoms with Gasteiger partial charge in [0.2, 0.25) is 5.91 Å². The minimum Gasteiger partial charge on any atom is -0.374 e. The van der Waals surface area contributed by atoms with Crippen molar-refractivity contribution in [1.29, 1.82) is 0 Å². The van der Waals surface area contributed by atoms with Crippen LogP contribution in [0.15, 0.2) is 18.2 Å². The Kier molecular flexibility index (Phi) is 3.48. The molecule has 0 unspecified atom stereocenters. The Morgan fingerprint density at radius 3 is 2.71 bits per heavy atom. The predicted octanol–water partition coefficient (Wildman–Crippen LogP) is 2.47. The van der Waals surface area contributed by atoms with Crippen molar-refractivity contribution in [2.75, 3.05) is 0 Å². The van der Waals surface area contributed by atoms with Gasteiger partial charge in [0.15, 0.2) is 0 Å². The summed E-state index contributed by atoms with van der Waals surface area (Å²) in [5.74, 6) is 0.140. The van der Waals surface area contributed by atoms with E-state index in [0.29, 0.717) is 6.61 Å². The summed E-state index contributed by atoms with van der Waals surface area (Å²) in [5.41, 5.74) is 3.70. The van der Waals surface area contributed by atoms with Gasteiger partial charge in [0, 0.05) is 20.0 Å². The topological polar surface area (TPSA) is 29.5 Å². The maximum absolute atomic E-state index is 11.3. The van der Waals surface area contributed by atoms with Gasteiger partial charge in [0.1, 0.15) is 0 Å². The SMILES string of the molecule is CC(=O)N1Cc2ccc(COC(C)C)cc2C1. The molecule has 3 heteroatoms. The van der Waals surface area contributed by atoms with Crippen LogP contribution in [0.1, 0.15) is 37.5 Å². The van der Waals surface area contributed by atoms with Crippen LogP contribution in [0.5, 0.6) is 0 Å². The third-order valence-corrected chi connectivity index (χ3v) is 3.02. The summed E-state index contributed by atoms with van der Waals surface area (Å²) in [5, 5.41) is 0. The van der Waals surface area contributed by atoms with Crippen LogP contribution in [0.4, 0.5) is 0 Å². The van der Waals surface area contributed by atoms with Gasteiger partial charge in [-0.05, 0) is 30.5 Å². The summed E-state index contributed by atoms with van der Waals surface area (Å²) in [4.78, 5) is 13.2. The van der Waals surface area contributed by atoms with Crippen LogP contribution >= 0.6 is 0 Å². The number of nitrogens with zero attached hydrogens (tertiary/aromatic N) is 1. The molecule has 1 aliphatic heterocycles. The molecule has 0 atom stereocenters. The predicted molar refractivity (Wildman–Crippen MR) is 66.3 cm³/mol. The minimum absolute atomic E-state index is 0.140. The van der Waals surface area contributed by atoms with E-state index in [1.807, 2.05) is 18.7 Å². The highest BCUT2D eigenvalue weighted by atomic mass is 16.5. The number of ether oxygens (including phenoxy) is 1. The Bertz CT molecular complexity index is 426. The average Bonchev–Trinajstić information content (AvgIpc) is 2.69. The van der Waals surface area contributed by atoms with Gasteiger partial charge in [-0.1, -0.05) is 18.2 Å². The van der Waals surface area contributed by atoms with Crippen molar-refractivity contribution in [1.82, 2.24) is 4.90 Å². The van der Waals surface area contributed by atoms with E-state index in [9.17, 15) is 4.79 Å². The molecule has 0 saturated heterocycles. The summed E-state index contributed by atoms with van der Waals surface area (Å²) in [6, 6.07) is 6.35. The second-order valence-electron chi connectivity index (χ2n) is 4.84. The number of carbonyl (C=O) groups excluding carboxylic acids is 1. The van der Waals surface area contributed by atoms with E-state index < -0.39 is 0 Å². The molecule has 0 fully saturated rings. The van der Waals surface area contributed by atoms with E-state index in [1.165, 1.54) is 16.7 Å². The summed E-state index contributed by atoms with van der Waals surface area (Å²) in [6.45, 7) is 7.81. The summed E-state index contributed by atoms with van der Waals surface area (Å²) < 4.78 is 5.58. The third kappa shape index (κ3) is 2.86. The Morgan fingerprint density at radius 2 is 2.06 bits per heavy atom. The van der Waals surface area contributed by atoms with Crippen molar-refractivity contribution in [3.63, 3.8) is 0 Å². The number of amides is 1. The van der Waals surface area contributed by atoms with Crippen molar-refractivity contribution in [2.24, 2.45) is 0 Å². The second kappa shape index (κ2) is 4.88. The fourth-order valence-corrected chi connectivity index (χ4v) is 2.02. The van der Waals surface area contributed by atoms with Crippen LogP contribution in [0.3, 0.4) is 0 Å². The molecule has 1 amide bonds. The minimum atomic E-state index is 0.140. The fourth-order valence-electron chi connectivity index (χ4n) is 2.02. The van der Waals surface area contributed by atoms with Gasteiger partial charge in [-0.2, -0.15) is 0 Å². The second-order valence-corrected chi connectivity index (χ2v) is 4.84. The zero-order valence-corrected chi connectivity index (χ0v) is 10.7. The van der Waals surface area contributed by atoms with Gasteiger partial charge in [0.25, 0.3) is 0 Å². The highest BCUT2D eigenvalue weighted by molar-refractivity contribution is 5.74. The molecule has 0 aromatic heterocycles. The summed E-state index contributed by atoms with van der Waals surface area (Å²) in [7, 11) is 0. The molecular weight excluding hydrogens is 214 g/mol. The van der Waals surface area contributed by atoms with Crippen molar-refractivity contribution >= 4 is 5.91 Å². The summed E-state index contributed by atoms with van der Waals surface area (Å²) >= 11 is 0. The van der Waals surface area contributed by atoms with Gasteiger partial charge in [-0.3, -0.25) is 4.79 Å². The lowest BCUT2D eigenvalue weighted by Gasteiger charge is -2.11. The average molecular weight is 233 g/mol. The van der Waals surface area contributed by atoms with Crippen LogP contribution in [0.2, 0.25) is 0 Å². The Labute approximate surface area is 102 Å². The zero-order valence-electron chi connectivity index (χ0n) is 10.7. The maximum atomic E-state index is 11.3. The lowest BCUT2D eigenvalue weighted by atomic mass is 10.1. The lowest BCUT2D eigenvalue weighted by molar-refractivity contribution is -0.129. The number of fused-ring (bicyclic) bond motifs is 1. The van der Waals surface area contributed by atoms with Gasteiger partial charge in [0.05, 0.1) is 12.7 Å². The zero-order chi connectivity index (χ0) is 12.4. The molecule has 0 N–H and O–H groups in total. The van der Waals surface area contributed by atoms with E-state index in [2.05, 4.69) is 18.2 Å². The van der Waals surface area contributed by atoms with Crippen molar-refractivity contribution in [2.45, 2.75) is 46.6 Å². The third-order valence-electron chi connectivity index (χ3n) is 3.02. The number of benzene rings is 1. The highest BCUT2D eigenvalue weighted by Gasteiger charge is 2.20. The van der Waals surface area contributed by atoms with Crippen LogP contribution in [-0.4, -0.2) is 16.9 Å². The molecule has 3 nitrogen and oxygen atoms in total. The Hall–Kier alpha value is -1.35.